The molecule has 62 valence electrons. The molecule has 12 heavy (non-hydrogen) atoms. The molecule has 0 unspecified atom stereocenters. The molecule has 0 bridgehead atoms. The van der Waals surface area contributed by atoms with Crippen LogP contribution in [-0.2, 0) is 0 Å². The van der Waals surface area contributed by atoms with Crippen LogP contribution < -0.4 is 5.32 Å². The van der Waals surface area contributed by atoms with Gasteiger partial charge in [-0.05, 0) is 0 Å². The highest BCUT2D eigenvalue weighted by Gasteiger charge is 2.06. The predicted molar refractivity (Wildman–Crippen MR) is 46.1 cm³/mol. The first-order valence-electron chi connectivity index (χ1n) is 3.35. The molecule has 0 aromatic carbocycles. The van der Waals surface area contributed by atoms with Crippen molar-refractivity contribution in [2.24, 2.45) is 0 Å². The van der Waals surface area contributed by atoms with Crippen LogP contribution in [0.5, 0.6) is 0 Å². The Bertz CT molecular complexity index is 409. The number of hydrogen-bond donors (Lipinski definition) is 1. The first-order valence-corrected chi connectivity index (χ1v) is 3.68. The summed E-state index contributed by atoms with van der Waals surface area (Å²) in [6.45, 7) is 0. The smallest absolute Gasteiger partial charge is 0.180 e. The van der Waals surface area contributed by atoms with Crippen LogP contribution in [0.1, 0.15) is 0 Å². The van der Waals surface area contributed by atoms with Crippen molar-refractivity contribution in [1.29, 1.82) is 0 Å². The second kappa shape index (κ2) is 2.60. The van der Waals surface area contributed by atoms with Crippen LogP contribution in [0.4, 0.5) is 5.82 Å². The summed E-state index contributed by atoms with van der Waals surface area (Å²) in [6.07, 6.45) is 2.93. The third kappa shape index (κ3) is 0.902. The van der Waals surface area contributed by atoms with E-state index in [1.165, 1.54) is 16.7 Å². The quantitative estimate of drug-likeness (QED) is 0.713. The van der Waals surface area contributed by atoms with Crippen molar-refractivity contribution in [3.8, 4) is 0 Å². The zero-order valence-electron chi connectivity index (χ0n) is 6.32. The molecular formula is C6H6ClN5. The summed E-state index contributed by atoms with van der Waals surface area (Å²) in [5.74, 6) is 0.680. The fraction of sp³-hybridized carbons (Fsp3) is 0.167. The van der Waals surface area contributed by atoms with E-state index < -0.39 is 0 Å². The summed E-state index contributed by atoms with van der Waals surface area (Å²) in [5.41, 5.74) is 1.28. The minimum Gasteiger partial charge on any atom is -0.371 e. The van der Waals surface area contributed by atoms with E-state index in [1.807, 2.05) is 0 Å². The lowest BCUT2D eigenvalue weighted by molar-refractivity contribution is 1.16. The van der Waals surface area contributed by atoms with E-state index in [4.69, 9.17) is 11.8 Å². The molecule has 0 aliphatic carbocycles. The van der Waals surface area contributed by atoms with Gasteiger partial charge in [-0.2, -0.15) is 0 Å². The van der Waals surface area contributed by atoms with Crippen molar-refractivity contribution in [3.63, 3.8) is 0 Å². The van der Waals surface area contributed by atoms with Gasteiger partial charge in [0.15, 0.2) is 17.0 Å². The van der Waals surface area contributed by atoms with E-state index in [9.17, 15) is 0 Å². The third-order valence-corrected chi connectivity index (χ3v) is 1.78. The molecule has 2 aromatic rings. The topological polar surface area (TPSA) is 55.6 Å². The summed E-state index contributed by atoms with van der Waals surface area (Å²) >= 11 is 5.74. The number of halogens is 1. The van der Waals surface area contributed by atoms with E-state index in [0.29, 0.717) is 17.0 Å². The van der Waals surface area contributed by atoms with Gasteiger partial charge in [0.1, 0.15) is 12.7 Å². The van der Waals surface area contributed by atoms with Crippen LogP contribution in [-0.4, -0.2) is 26.1 Å². The number of aromatic nitrogens is 4. The lowest BCUT2D eigenvalue weighted by Gasteiger charge is -1.97. The number of rotatable bonds is 1. The summed E-state index contributed by atoms with van der Waals surface area (Å²) in [4.78, 5) is 12.0. The zero-order valence-corrected chi connectivity index (χ0v) is 7.08. The molecule has 0 aliphatic rings. The third-order valence-electron chi connectivity index (χ3n) is 1.53. The van der Waals surface area contributed by atoms with Crippen LogP contribution >= 0.6 is 11.8 Å². The first kappa shape index (κ1) is 7.30. The second-order valence-electron chi connectivity index (χ2n) is 2.20. The first-order chi connectivity index (χ1) is 5.83. The molecule has 0 atom stereocenters. The molecule has 1 N–H and O–H groups in total. The molecule has 0 radical (unpaired) electrons. The zero-order chi connectivity index (χ0) is 8.55. The Morgan fingerprint density at radius 1 is 1.42 bits per heavy atom. The maximum absolute atomic E-state index is 5.74. The van der Waals surface area contributed by atoms with Gasteiger partial charge in [0.2, 0.25) is 0 Å². The molecule has 0 fully saturated rings. The Balaban J connectivity index is 2.81. The van der Waals surface area contributed by atoms with Crippen molar-refractivity contribution in [2.75, 3.05) is 12.4 Å². The molecule has 2 heterocycles. The number of nitrogens with one attached hydrogen (secondary N) is 1. The highest BCUT2D eigenvalue weighted by atomic mass is 35.5. The van der Waals surface area contributed by atoms with E-state index in [1.54, 1.807) is 7.05 Å². The van der Waals surface area contributed by atoms with Gasteiger partial charge in [-0.25, -0.2) is 19.0 Å². The van der Waals surface area contributed by atoms with Gasteiger partial charge in [0.25, 0.3) is 0 Å². The molecule has 0 saturated carbocycles. The van der Waals surface area contributed by atoms with Crippen LogP contribution in [0.15, 0.2) is 12.7 Å². The second-order valence-corrected chi connectivity index (χ2v) is 2.56. The average molecular weight is 184 g/mol. The molecule has 6 heteroatoms. The van der Waals surface area contributed by atoms with E-state index in [0.717, 1.165) is 0 Å². The van der Waals surface area contributed by atoms with E-state index >= 15 is 0 Å². The summed E-state index contributed by atoms with van der Waals surface area (Å²) in [5, 5.41) is 2.90. The van der Waals surface area contributed by atoms with E-state index in [-0.39, 0.29) is 0 Å². The van der Waals surface area contributed by atoms with E-state index in [2.05, 4.69) is 20.3 Å². The van der Waals surface area contributed by atoms with Gasteiger partial charge in [0.05, 0.1) is 0 Å². The largest absolute Gasteiger partial charge is 0.371 e. The van der Waals surface area contributed by atoms with Crippen molar-refractivity contribution in [3.05, 3.63) is 12.7 Å². The van der Waals surface area contributed by atoms with Crippen LogP contribution in [0, 0.1) is 0 Å². The lowest BCUT2D eigenvalue weighted by Crippen LogP contribution is -1.94. The van der Waals surface area contributed by atoms with Gasteiger partial charge in [-0.3, -0.25) is 0 Å². The predicted octanol–water partition coefficient (Wildman–Crippen LogP) is 0.870. The van der Waals surface area contributed by atoms with Crippen LogP contribution in [0.25, 0.3) is 11.2 Å². The Hall–Kier alpha value is -1.36. The van der Waals surface area contributed by atoms with Crippen LogP contribution in [0.3, 0.4) is 0 Å². The summed E-state index contributed by atoms with van der Waals surface area (Å²) < 4.78 is 1.33. The molecule has 0 spiro atoms. The Morgan fingerprint density at radius 3 is 3.00 bits per heavy atom. The van der Waals surface area contributed by atoms with Gasteiger partial charge < -0.3 is 5.32 Å². The number of fused-ring (bicyclic) bond motifs is 1. The minimum absolute atomic E-state index is 0.607. The molecular weight excluding hydrogens is 178 g/mol. The van der Waals surface area contributed by atoms with Crippen molar-refractivity contribution in [2.45, 2.75) is 0 Å². The molecule has 2 aromatic heterocycles. The van der Waals surface area contributed by atoms with Crippen LogP contribution in [0.2, 0.25) is 0 Å². The summed E-state index contributed by atoms with van der Waals surface area (Å²) in [7, 11) is 1.77. The number of nitrogens with zero attached hydrogens (tertiary/aromatic N) is 4. The fourth-order valence-corrected chi connectivity index (χ4v) is 1.16. The van der Waals surface area contributed by atoms with Crippen molar-refractivity contribution < 1.29 is 0 Å². The fourth-order valence-electron chi connectivity index (χ4n) is 0.991. The average Bonchev–Trinajstić information content (AvgIpc) is 2.48. The number of imidazole rings is 1. The molecule has 0 saturated heterocycles. The SMILES string of the molecule is CNc1ncnc2c1ncn2Cl. The summed E-state index contributed by atoms with van der Waals surface area (Å²) in [6, 6.07) is 0. The Labute approximate surface area is 73.5 Å². The van der Waals surface area contributed by atoms with Crippen molar-refractivity contribution >= 4 is 28.8 Å². The maximum atomic E-state index is 5.74. The molecule has 5 nitrogen and oxygen atoms in total. The number of hydrogen-bond acceptors (Lipinski definition) is 4. The molecule has 0 aliphatic heterocycles. The standard InChI is InChI=1S/C6H6ClN5/c1-8-5-4-6(10-2-9-5)12(7)3-11-4/h2-3H,1H3,(H,8,9,10). The minimum atomic E-state index is 0.607. The normalized spacial score (nSPS) is 10.5. The highest BCUT2D eigenvalue weighted by Crippen LogP contribution is 2.16. The highest BCUT2D eigenvalue weighted by molar-refractivity contribution is 6.18. The van der Waals surface area contributed by atoms with Gasteiger partial charge in [-0.15, -0.1) is 0 Å². The number of anilines is 1. The molecule has 0 amide bonds. The monoisotopic (exact) mass is 183 g/mol. The Kier molecular flexibility index (Phi) is 1.58. The van der Waals surface area contributed by atoms with Gasteiger partial charge in [0, 0.05) is 18.8 Å². The maximum Gasteiger partial charge on any atom is 0.180 e. The molecule has 2 rings (SSSR count). The van der Waals surface area contributed by atoms with Gasteiger partial charge in [-0.1, -0.05) is 0 Å². The lowest BCUT2D eigenvalue weighted by atomic mass is 10.5. The van der Waals surface area contributed by atoms with Crippen molar-refractivity contribution in [1.82, 2.24) is 19.0 Å². The van der Waals surface area contributed by atoms with Gasteiger partial charge >= 0.3 is 0 Å². The Morgan fingerprint density at radius 2 is 2.25 bits per heavy atom.